The summed E-state index contributed by atoms with van der Waals surface area (Å²) in [5, 5.41) is 6.32. The standard InChI is InChI=1S/C23H23N5O/c1-15-4-2-7-20-19(15)10-11-28(20)22-13-21(24-14-25-22)26-17-5-3-6-18(12-17)27-23(29)16-8-9-16/h2-7,12-14,16H,8-11H2,1H3,(H,27,29)(H,24,25,26). The third-order valence-corrected chi connectivity index (χ3v) is 5.54. The Hall–Kier alpha value is -3.41. The number of hydrogen-bond donors (Lipinski definition) is 2. The van der Waals surface area contributed by atoms with Crippen molar-refractivity contribution in [3.05, 3.63) is 66.0 Å². The van der Waals surface area contributed by atoms with Crippen molar-refractivity contribution in [3.63, 3.8) is 0 Å². The average molecular weight is 385 g/mol. The maximum atomic E-state index is 12.0. The van der Waals surface area contributed by atoms with Gasteiger partial charge in [-0.15, -0.1) is 0 Å². The predicted octanol–water partition coefficient (Wildman–Crippen LogP) is 4.57. The minimum atomic E-state index is 0.106. The van der Waals surface area contributed by atoms with Gasteiger partial charge in [0.25, 0.3) is 0 Å². The Bertz CT molecular complexity index is 1080. The Kier molecular flexibility index (Phi) is 4.39. The molecule has 2 aromatic carbocycles. The number of anilines is 5. The van der Waals surface area contributed by atoms with E-state index in [9.17, 15) is 4.79 Å². The molecule has 6 nitrogen and oxygen atoms in total. The molecule has 0 bridgehead atoms. The number of benzene rings is 2. The Morgan fingerprint density at radius 1 is 1.07 bits per heavy atom. The van der Waals surface area contributed by atoms with Gasteiger partial charge in [0.05, 0.1) is 0 Å². The zero-order chi connectivity index (χ0) is 19.8. The van der Waals surface area contributed by atoms with Gasteiger partial charge in [0.15, 0.2) is 0 Å². The Labute approximate surface area is 170 Å². The smallest absolute Gasteiger partial charge is 0.227 e. The number of aromatic nitrogens is 2. The van der Waals surface area contributed by atoms with Crippen LogP contribution < -0.4 is 15.5 Å². The number of aryl methyl sites for hydroxylation is 1. The van der Waals surface area contributed by atoms with Crippen LogP contribution >= 0.6 is 0 Å². The van der Waals surface area contributed by atoms with E-state index in [1.165, 1.54) is 16.8 Å². The van der Waals surface area contributed by atoms with Crippen molar-refractivity contribution in [2.75, 3.05) is 22.1 Å². The molecule has 0 radical (unpaired) electrons. The van der Waals surface area contributed by atoms with Crippen molar-refractivity contribution in [1.82, 2.24) is 9.97 Å². The van der Waals surface area contributed by atoms with Gasteiger partial charge in [-0.25, -0.2) is 9.97 Å². The summed E-state index contributed by atoms with van der Waals surface area (Å²) in [5.74, 6) is 1.89. The van der Waals surface area contributed by atoms with Crippen LogP contribution in [-0.2, 0) is 11.2 Å². The van der Waals surface area contributed by atoms with Gasteiger partial charge in [-0.05, 0) is 61.6 Å². The zero-order valence-electron chi connectivity index (χ0n) is 16.4. The number of hydrogen-bond acceptors (Lipinski definition) is 5. The summed E-state index contributed by atoms with van der Waals surface area (Å²) in [6, 6.07) is 16.1. The summed E-state index contributed by atoms with van der Waals surface area (Å²) >= 11 is 0. The number of nitrogens with zero attached hydrogens (tertiary/aromatic N) is 3. The summed E-state index contributed by atoms with van der Waals surface area (Å²) in [6.07, 6.45) is 4.60. The molecule has 3 aromatic rings. The molecule has 29 heavy (non-hydrogen) atoms. The first-order chi connectivity index (χ1) is 14.2. The van der Waals surface area contributed by atoms with Crippen LogP contribution in [0.25, 0.3) is 0 Å². The van der Waals surface area contributed by atoms with Gasteiger partial charge in [-0.2, -0.15) is 0 Å². The molecule has 1 aliphatic carbocycles. The first kappa shape index (κ1) is 17.7. The summed E-state index contributed by atoms with van der Waals surface area (Å²) in [4.78, 5) is 23.1. The zero-order valence-corrected chi connectivity index (χ0v) is 16.4. The molecule has 1 fully saturated rings. The molecule has 1 aromatic heterocycles. The van der Waals surface area contributed by atoms with E-state index in [2.05, 4.69) is 50.6 Å². The number of amides is 1. The van der Waals surface area contributed by atoms with Gasteiger partial charge >= 0.3 is 0 Å². The Morgan fingerprint density at radius 2 is 1.90 bits per heavy atom. The van der Waals surface area contributed by atoms with E-state index in [4.69, 9.17) is 0 Å². The molecule has 2 aliphatic rings. The fraction of sp³-hybridized carbons (Fsp3) is 0.261. The van der Waals surface area contributed by atoms with Crippen molar-refractivity contribution in [2.45, 2.75) is 26.2 Å². The molecule has 5 rings (SSSR count). The van der Waals surface area contributed by atoms with Gasteiger partial charge < -0.3 is 15.5 Å². The van der Waals surface area contributed by atoms with Crippen LogP contribution in [0, 0.1) is 12.8 Å². The predicted molar refractivity (Wildman–Crippen MR) is 115 cm³/mol. The maximum Gasteiger partial charge on any atom is 0.227 e. The molecule has 1 aliphatic heterocycles. The van der Waals surface area contributed by atoms with E-state index >= 15 is 0 Å². The largest absolute Gasteiger partial charge is 0.340 e. The van der Waals surface area contributed by atoms with E-state index in [0.29, 0.717) is 0 Å². The Morgan fingerprint density at radius 3 is 2.76 bits per heavy atom. The maximum absolute atomic E-state index is 12.0. The lowest BCUT2D eigenvalue weighted by atomic mass is 10.1. The van der Waals surface area contributed by atoms with E-state index < -0.39 is 0 Å². The lowest BCUT2D eigenvalue weighted by molar-refractivity contribution is -0.117. The lowest BCUT2D eigenvalue weighted by Crippen LogP contribution is -2.15. The number of nitrogens with one attached hydrogen (secondary N) is 2. The summed E-state index contributed by atoms with van der Waals surface area (Å²) in [7, 11) is 0. The molecular formula is C23H23N5O. The van der Waals surface area contributed by atoms with Crippen molar-refractivity contribution in [2.24, 2.45) is 5.92 Å². The van der Waals surface area contributed by atoms with Gasteiger partial charge in [0.1, 0.15) is 18.0 Å². The average Bonchev–Trinajstić information content (AvgIpc) is 3.48. The Balaban J connectivity index is 1.35. The number of carbonyl (C=O) groups is 1. The SMILES string of the molecule is Cc1cccc2c1CCN2c1cc(Nc2cccc(NC(=O)C3CC3)c2)ncn1. The molecule has 0 unspecified atom stereocenters. The number of fused-ring (bicyclic) bond motifs is 1. The van der Waals surface area contributed by atoms with E-state index in [1.807, 2.05) is 30.3 Å². The first-order valence-electron chi connectivity index (χ1n) is 10.0. The molecule has 2 N–H and O–H groups in total. The monoisotopic (exact) mass is 385 g/mol. The fourth-order valence-corrected chi connectivity index (χ4v) is 3.82. The first-order valence-corrected chi connectivity index (χ1v) is 10.0. The molecule has 0 saturated heterocycles. The second kappa shape index (κ2) is 7.20. The van der Waals surface area contributed by atoms with Crippen LogP contribution in [0.4, 0.5) is 28.7 Å². The fourth-order valence-electron chi connectivity index (χ4n) is 3.82. The van der Waals surface area contributed by atoms with Crippen LogP contribution in [0.3, 0.4) is 0 Å². The van der Waals surface area contributed by atoms with Crippen molar-refractivity contribution in [3.8, 4) is 0 Å². The molecule has 1 saturated carbocycles. The highest BCUT2D eigenvalue weighted by Gasteiger charge is 2.29. The quantitative estimate of drug-likeness (QED) is 0.673. The van der Waals surface area contributed by atoms with E-state index in [-0.39, 0.29) is 11.8 Å². The van der Waals surface area contributed by atoms with Crippen LogP contribution in [0.2, 0.25) is 0 Å². The third-order valence-electron chi connectivity index (χ3n) is 5.54. The molecular weight excluding hydrogens is 362 g/mol. The second-order valence-electron chi connectivity index (χ2n) is 7.71. The molecule has 1 amide bonds. The summed E-state index contributed by atoms with van der Waals surface area (Å²) in [5.41, 5.74) is 5.60. The highest BCUT2D eigenvalue weighted by Crippen LogP contribution is 2.36. The van der Waals surface area contributed by atoms with Gasteiger partial charge in [0.2, 0.25) is 5.91 Å². The van der Waals surface area contributed by atoms with Crippen molar-refractivity contribution < 1.29 is 4.79 Å². The van der Waals surface area contributed by atoms with Crippen molar-refractivity contribution >= 4 is 34.6 Å². The van der Waals surface area contributed by atoms with Gasteiger partial charge in [-0.1, -0.05) is 18.2 Å². The molecule has 2 heterocycles. The van der Waals surface area contributed by atoms with Gasteiger partial charge in [-0.3, -0.25) is 4.79 Å². The third kappa shape index (κ3) is 3.66. The minimum Gasteiger partial charge on any atom is -0.340 e. The molecule has 146 valence electrons. The number of rotatable bonds is 5. The van der Waals surface area contributed by atoms with E-state index in [1.54, 1.807) is 6.33 Å². The minimum absolute atomic E-state index is 0.106. The second-order valence-corrected chi connectivity index (χ2v) is 7.71. The van der Waals surface area contributed by atoms with E-state index in [0.717, 1.165) is 48.8 Å². The number of carbonyl (C=O) groups excluding carboxylic acids is 1. The highest BCUT2D eigenvalue weighted by atomic mass is 16.2. The molecule has 0 spiro atoms. The van der Waals surface area contributed by atoms with Crippen LogP contribution in [0.1, 0.15) is 24.0 Å². The normalized spacial score (nSPS) is 15.1. The highest BCUT2D eigenvalue weighted by molar-refractivity contribution is 5.94. The summed E-state index contributed by atoms with van der Waals surface area (Å²) in [6.45, 7) is 3.07. The summed E-state index contributed by atoms with van der Waals surface area (Å²) < 4.78 is 0. The van der Waals surface area contributed by atoms with Crippen molar-refractivity contribution in [1.29, 1.82) is 0 Å². The molecule has 0 atom stereocenters. The topological polar surface area (TPSA) is 70.2 Å². The van der Waals surface area contributed by atoms with Crippen LogP contribution in [0.5, 0.6) is 0 Å². The van der Waals surface area contributed by atoms with Crippen LogP contribution in [0.15, 0.2) is 54.9 Å². The van der Waals surface area contributed by atoms with Crippen LogP contribution in [-0.4, -0.2) is 22.4 Å². The lowest BCUT2D eigenvalue weighted by Gasteiger charge is -2.19. The van der Waals surface area contributed by atoms with Gasteiger partial charge in [0, 0.05) is 35.6 Å². The molecule has 6 heteroatoms.